The molecule has 3 aromatic carbocycles. The summed E-state index contributed by atoms with van der Waals surface area (Å²) in [4.78, 5) is 30.6. The quantitative estimate of drug-likeness (QED) is 0.285. The van der Waals surface area contributed by atoms with Crippen LogP contribution in [0.1, 0.15) is 5.56 Å². The van der Waals surface area contributed by atoms with Gasteiger partial charge in [0.25, 0.3) is 5.56 Å². The molecule has 32 heavy (non-hydrogen) atoms. The highest BCUT2D eigenvalue weighted by molar-refractivity contribution is 9.10. The Hall–Kier alpha value is -3.10. The number of aryl methyl sites for hydroxylation is 1. The van der Waals surface area contributed by atoms with Gasteiger partial charge in [-0.05, 0) is 67.1 Å². The summed E-state index contributed by atoms with van der Waals surface area (Å²) >= 11 is 4.64. The number of aromatic nitrogens is 2. The molecule has 8 heteroatoms. The molecule has 0 unspecified atom stereocenters. The lowest BCUT2D eigenvalue weighted by molar-refractivity contribution is -0.113. The Balaban J connectivity index is 1.66. The molecular formula is C24H20BrN3O3S. The molecule has 0 aliphatic rings. The van der Waals surface area contributed by atoms with Crippen molar-refractivity contribution in [3.8, 4) is 11.4 Å². The molecule has 4 rings (SSSR count). The molecular weight excluding hydrogens is 490 g/mol. The zero-order valence-corrected chi connectivity index (χ0v) is 19.9. The lowest BCUT2D eigenvalue weighted by atomic mass is 10.2. The van der Waals surface area contributed by atoms with E-state index < -0.39 is 0 Å². The third kappa shape index (κ3) is 4.71. The third-order valence-electron chi connectivity index (χ3n) is 4.87. The van der Waals surface area contributed by atoms with Crippen molar-refractivity contribution in [1.82, 2.24) is 9.55 Å². The molecule has 0 spiro atoms. The smallest absolute Gasteiger partial charge is 0.266 e. The number of thioether (sulfide) groups is 1. The molecule has 1 amide bonds. The van der Waals surface area contributed by atoms with Crippen LogP contribution in [0.3, 0.4) is 0 Å². The monoisotopic (exact) mass is 509 g/mol. The first-order valence-corrected chi connectivity index (χ1v) is 11.6. The van der Waals surface area contributed by atoms with Gasteiger partial charge in [-0.3, -0.25) is 14.2 Å². The standard InChI is InChI=1S/C24H20BrN3O3S/c1-15-13-16(25)7-12-20(15)26-22(29)14-32-24-27-21-6-4-3-5-19(21)23(30)28(24)17-8-10-18(31-2)11-9-17/h3-13H,14H2,1-2H3,(H,26,29). The number of halogens is 1. The number of anilines is 1. The molecule has 0 atom stereocenters. The number of ether oxygens (including phenoxy) is 1. The van der Waals surface area contributed by atoms with Crippen molar-refractivity contribution in [3.05, 3.63) is 87.1 Å². The SMILES string of the molecule is COc1ccc(-n2c(SCC(=O)Nc3ccc(Br)cc3C)nc3ccccc3c2=O)cc1. The number of carbonyl (C=O) groups is 1. The molecule has 1 aromatic heterocycles. The van der Waals surface area contributed by atoms with E-state index in [0.717, 1.165) is 15.7 Å². The average Bonchev–Trinajstić information content (AvgIpc) is 2.80. The Morgan fingerprint density at radius 3 is 2.59 bits per heavy atom. The minimum absolute atomic E-state index is 0.108. The summed E-state index contributed by atoms with van der Waals surface area (Å²) in [6.07, 6.45) is 0. The molecule has 1 heterocycles. The van der Waals surface area contributed by atoms with E-state index in [1.165, 1.54) is 16.3 Å². The zero-order chi connectivity index (χ0) is 22.7. The maximum absolute atomic E-state index is 13.3. The predicted octanol–water partition coefficient (Wildman–Crippen LogP) is 5.20. The molecule has 0 saturated carbocycles. The second-order valence-corrected chi connectivity index (χ2v) is 8.90. The van der Waals surface area contributed by atoms with Gasteiger partial charge in [0.05, 0.1) is 29.5 Å². The molecule has 0 saturated heterocycles. The minimum Gasteiger partial charge on any atom is -0.497 e. The fourth-order valence-electron chi connectivity index (χ4n) is 3.25. The summed E-state index contributed by atoms with van der Waals surface area (Å²) < 4.78 is 7.71. The van der Waals surface area contributed by atoms with Crippen LogP contribution < -0.4 is 15.6 Å². The molecule has 6 nitrogen and oxygen atoms in total. The fourth-order valence-corrected chi connectivity index (χ4v) is 4.54. The Morgan fingerprint density at radius 1 is 1.12 bits per heavy atom. The van der Waals surface area contributed by atoms with Crippen molar-refractivity contribution >= 4 is 50.2 Å². The van der Waals surface area contributed by atoms with Gasteiger partial charge in [-0.1, -0.05) is 39.8 Å². The van der Waals surface area contributed by atoms with Crippen molar-refractivity contribution in [2.75, 3.05) is 18.2 Å². The van der Waals surface area contributed by atoms with Crippen LogP contribution in [0.15, 0.2) is 81.2 Å². The highest BCUT2D eigenvalue weighted by Crippen LogP contribution is 2.24. The van der Waals surface area contributed by atoms with Gasteiger partial charge in [0.2, 0.25) is 5.91 Å². The topological polar surface area (TPSA) is 73.2 Å². The van der Waals surface area contributed by atoms with Gasteiger partial charge in [-0.2, -0.15) is 0 Å². The number of nitrogens with one attached hydrogen (secondary N) is 1. The van der Waals surface area contributed by atoms with Crippen molar-refractivity contribution in [2.45, 2.75) is 12.1 Å². The summed E-state index contributed by atoms with van der Waals surface area (Å²) in [5, 5.41) is 3.88. The number of benzene rings is 3. The van der Waals surface area contributed by atoms with E-state index in [1.54, 1.807) is 43.5 Å². The molecule has 0 fully saturated rings. The largest absolute Gasteiger partial charge is 0.497 e. The fraction of sp³-hybridized carbons (Fsp3) is 0.125. The average molecular weight is 510 g/mol. The van der Waals surface area contributed by atoms with E-state index in [2.05, 4.69) is 26.2 Å². The molecule has 162 valence electrons. The minimum atomic E-state index is -0.188. The Morgan fingerprint density at radius 2 is 1.88 bits per heavy atom. The number of rotatable bonds is 6. The first-order chi connectivity index (χ1) is 15.5. The Labute approximate surface area is 197 Å². The van der Waals surface area contributed by atoms with Gasteiger partial charge < -0.3 is 10.1 Å². The summed E-state index contributed by atoms with van der Waals surface area (Å²) in [6.45, 7) is 1.93. The van der Waals surface area contributed by atoms with Crippen molar-refractivity contribution in [3.63, 3.8) is 0 Å². The van der Waals surface area contributed by atoms with Crippen molar-refractivity contribution in [2.24, 2.45) is 0 Å². The molecule has 4 aromatic rings. The normalized spacial score (nSPS) is 10.8. The van der Waals surface area contributed by atoms with Crippen LogP contribution in [0.2, 0.25) is 0 Å². The van der Waals surface area contributed by atoms with Gasteiger partial charge in [-0.25, -0.2) is 4.98 Å². The number of hydrogen-bond acceptors (Lipinski definition) is 5. The van der Waals surface area contributed by atoms with Crippen molar-refractivity contribution < 1.29 is 9.53 Å². The maximum Gasteiger partial charge on any atom is 0.266 e. The number of para-hydroxylation sites is 1. The van der Waals surface area contributed by atoms with Gasteiger partial charge in [0.15, 0.2) is 5.16 Å². The van der Waals surface area contributed by atoms with E-state index in [9.17, 15) is 9.59 Å². The van der Waals surface area contributed by atoms with Gasteiger partial charge in [0.1, 0.15) is 5.75 Å². The lowest BCUT2D eigenvalue weighted by Crippen LogP contribution is -2.23. The van der Waals surface area contributed by atoms with Gasteiger partial charge in [-0.15, -0.1) is 0 Å². The number of hydrogen-bond donors (Lipinski definition) is 1. The zero-order valence-electron chi connectivity index (χ0n) is 17.5. The van der Waals surface area contributed by atoms with Crippen LogP contribution in [0, 0.1) is 6.92 Å². The van der Waals surface area contributed by atoms with Crippen molar-refractivity contribution in [1.29, 1.82) is 0 Å². The highest BCUT2D eigenvalue weighted by atomic mass is 79.9. The molecule has 0 radical (unpaired) electrons. The molecule has 0 bridgehead atoms. The van der Waals surface area contributed by atoms with Crippen LogP contribution in [0.4, 0.5) is 5.69 Å². The highest BCUT2D eigenvalue weighted by Gasteiger charge is 2.15. The number of nitrogens with zero attached hydrogens (tertiary/aromatic N) is 2. The number of carbonyl (C=O) groups excluding carboxylic acids is 1. The first kappa shape index (κ1) is 22.1. The van der Waals surface area contributed by atoms with Gasteiger partial charge in [0, 0.05) is 10.2 Å². The Bertz CT molecular complexity index is 1350. The van der Waals surface area contributed by atoms with Crippen LogP contribution in [0.5, 0.6) is 5.75 Å². The number of fused-ring (bicyclic) bond motifs is 1. The second-order valence-electron chi connectivity index (χ2n) is 7.05. The van der Waals surface area contributed by atoms with Gasteiger partial charge >= 0.3 is 0 Å². The van der Waals surface area contributed by atoms with Crippen LogP contribution in [-0.4, -0.2) is 28.3 Å². The first-order valence-electron chi connectivity index (χ1n) is 9.81. The maximum atomic E-state index is 13.3. The van der Waals surface area contributed by atoms with E-state index in [-0.39, 0.29) is 17.2 Å². The predicted molar refractivity (Wildman–Crippen MR) is 132 cm³/mol. The lowest BCUT2D eigenvalue weighted by Gasteiger charge is -2.14. The summed E-state index contributed by atoms with van der Waals surface area (Å²) in [6, 6.07) is 20.0. The van der Waals surface area contributed by atoms with Crippen LogP contribution in [-0.2, 0) is 4.79 Å². The van der Waals surface area contributed by atoms with E-state index in [0.29, 0.717) is 27.5 Å². The van der Waals surface area contributed by atoms with E-state index in [4.69, 9.17) is 4.74 Å². The summed E-state index contributed by atoms with van der Waals surface area (Å²) in [5.74, 6) is 0.620. The van der Waals surface area contributed by atoms with E-state index in [1.807, 2.05) is 37.3 Å². The summed E-state index contributed by atoms with van der Waals surface area (Å²) in [5.41, 5.74) is 2.76. The molecule has 0 aliphatic carbocycles. The summed E-state index contributed by atoms with van der Waals surface area (Å²) in [7, 11) is 1.59. The van der Waals surface area contributed by atoms with Crippen LogP contribution >= 0.6 is 27.7 Å². The van der Waals surface area contributed by atoms with E-state index >= 15 is 0 Å². The third-order valence-corrected chi connectivity index (χ3v) is 6.30. The molecule has 1 N–H and O–H groups in total. The second kappa shape index (κ2) is 9.58. The van der Waals surface area contributed by atoms with Crippen LogP contribution in [0.25, 0.3) is 16.6 Å². The molecule has 0 aliphatic heterocycles. The Kier molecular flexibility index (Phi) is 6.62. The number of amides is 1. The number of methoxy groups -OCH3 is 1.